The number of carbonyl (C=O) groups excluding carboxylic acids is 2. The van der Waals surface area contributed by atoms with Gasteiger partial charge in [-0.2, -0.15) is 0 Å². The molecule has 0 bridgehead atoms. The van der Waals surface area contributed by atoms with E-state index >= 15 is 0 Å². The maximum atomic E-state index is 13.2. The van der Waals surface area contributed by atoms with E-state index in [0.717, 1.165) is 28.3 Å². The Morgan fingerprint density at radius 2 is 1.79 bits per heavy atom. The van der Waals surface area contributed by atoms with Crippen LogP contribution in [0.1, 0.15) is 29.4 Å². The van der Waals surface area contributed by atoms with Crippen LogP contribution in [0.3, 0.4) is 0 Å². The van der Waals surface area contributed by atoms with E-state index in [9.17, 15) is 19.7 Å². The summed E-state index contributed by atoms with van der Waals surface area (Å²) in [6, 6.07) is 19.3. The third kappa shape index (κ3) is 5.00. The lowest BCUT2D eigenvalue weighted by Gasteiger charge is -2.16. The smallest absolute Gasteiger partial charge is 0.270 e. The van der Waals surface area contributed by atoms with Gasteiger partial charge in [-0.15, -0.1) is 0 Å². The van der Waals surface area contributed by atoms with Gasteiger partial charge in [-0.3, -0.25) is 19.7 Å². The van der Waals surface area contributed by atoms with Crippen LogP contribution in [-0.2, 0) is 16.1 Å². The molecule has 10 heteroatoms. The minimum absolute atomic E-state index is 0.110. The molecule has 2 heterocycles. The number of hydrogen-bond acceptors (Lipinski definition) is 6. The molecule has 0 aliphatic carbocycles. The van der Waals surface area contributed by atoms with Gasteiger partial charge in [0.2, 0.25) is 5.91 Å². The fraction of sp³-hybridized carbons (Fsp3) is 0.107. The molecule has 0 spiro atoms. The van der Waals surface area contributed by atoms with E-state index < -0.39 is 4.92 Å². The Hall–Kier alpha value is -5.25. The molecule has 1 aliphatic heterocycles. The predicted molar refractivity (Wildman–Crippen MR) is 145 cm³/mol. The number of carbonyl (C=O) groups is 2. The maximum Gasteiger partial charge on any atom is 0.270 e. The van der Waals surface area contributed by atoms with Gasteiger partial charge in [0.05, 0.1) is 21.9 Å². The molecule has 10 nitrogen and oxygen atoms in total. The summed E-state index contributed by atoms with van der Waals surface area (Å²) in [5.41, 5.74) is 5.68. The summed E-state index contributed by atoms with van der Waals surface area (Å²) in [5.74, 6) is 0.318. The maximum absolute atomic E-state index is 13.2. The number of non-ortho nitro benzene ring substituents is 1. The van der Waals surface area contributed by atoms with Crippen LogP contribution in [0.25, 0.3) is 22.5 Å². The first-order valence-corrected chi connectivity index (χ1v) is 11.9. The van der Waals surface area contributed by atoms with Gasteiger partial charge < -0.3 is 20.9 Å². The summed E-state index contributed by atoms with van der Waals surface area (Å²) < 4.78 is 0. The van der Waals surface area contributed by atoms with Crippen molar-refractivity contribution < 1.29 is 14.5 Å². The van der Waals surface area contributed by atoms with Crippen molar-refractivity contribution in [2.75, 3.05) is 10.6 Å². The molecule has 190 valence electrons. The second kappa shape index (κ2) is 10.0. The lowest BCUT2D eigenvalue weighted by atomic mass is 9.98. The number of hydrogen-bond donors (Lipinski definition) is 4. The fourth-order valence-electron chi connectivity index (χ4n) is 4.25. The summed E-state index contributed by atoms with van der Waals surface area (Å²) >= 11 is 0. The second-order valence-electron chi connectivity index (χ2n) is 8.87. The van der Waals surface area contributed by atoms with Gasteiger partial charge in [0.25, 0.3) is 11.6 Å². The third-order valence-corrected chi connectivity index (χ3v) is 6.15. The highest BCUT2D eigenvalue weighted by Gasteiger charge is 2.30. The highest BCUT2D eigenvalue weighted by atomic mass is 16.6. The summed E-state index contributed by atoms with van der Waals surface area (Å²) in [6.45, 7) is 3.71. The van der Waals surface area contributed by atoms with Crippen LogP contribution in [0, 0.1) is 17.0 Å². The number of rotatable bonds is 7. The molecule has 0 saturated heterocycles. The average molecular weight is 509 g/mol. The number of nitrogens with one attached hydrogen (secondary N) is 4. The highest BCUT2D eigenvalue weighted by Crippen LogP contribution is 2.39. The molecule has 1 aliphatic rings. The molecule has 4 N–H and O–H groups in total. The zero-order chi connectivity index (χ0) is 26.8. The number of nitro benzene ring substituents is 1. The average Bonchev–Trinajstić information content (AvgIpc) is 3.48. The first kappa shape index (κ1) is 24.4. The summed E-state index contributed by atoms with van der Waals surface area (Å²) in [5, 5.41) is 20.4. The van der Waals surface area contributed by atoms with Crippen molar-refractivity contribution in [2.24, 2.45) is 0 Å². The number of amides is 2. The lowest BCUT2D eigenvalue weighted by Crippen LogP contribution is -2.18. The number of anilines is 2. The van der Waals surface area contributed by atoms with Crippen molar-refractivity contribution in [3.05, 3.63) is 106 Å². The number of imidazole rings is 1. The molecular weight excluding hydrogens is 484 g/mol. The van der Waals surface area contributed by atoms with Crippen molar-refractivity contribution in [1.29, 1.82) is 0 Å². The van der Waals surface area contributed by atoms with Gasteiger partial charge in [0.15, 0.2) is 0 Å². The molecule has 0 radical (unpaired) electrons. The molecular formula is C28H24N6O4. The number of aromatic amines is 1. The molecule has 5 rings (SSSR count). The van der Waals surface area contributed by atoms with Gasteiger partial charge in [0.1, 0.15) is 5.82 Å². The van der Waals surface area contributed by atoms with E-state index in [1.165, 1.54) is 25.1 Å². The number of nitrogens with zero attached hydrogens (tertiary/aromatic N) is 2. The Morgan fingerprint density at radius 3 is 2.42 bits per heavy atom. The number of aromatic nitrogens is 2. The second-order valence-corrected chi connectivity index (χ2v) is 8.87. The number of fused-ring (bicyclic) bond motifs is 1. The first-order chi connectivity index (χ1) is 18.3. The minimum atomic E-state index is -0.486. The normalized spacial score (nSPS) is 13.5. The van der Waals surface area contributed by atoms with Crippen molar-refractivity contribution in [2.45, 2.75) is 20.4 Å². The van der Waals surface area contributed by atoms with Crippen LogP contribution in [0.15, 0.2) is 72.9 Å². The van der Waals surface area contributed by atoms with Crippen LogP contribution < -0.4 is 16.0 Å². The van der Waals surface area contributed by atoms with E-state index in [2.05, 4.69) is 25.9 Å². The van der Waals surface area contributed by atoms with Crippen molar-refractivity contribution in [1.82, 2.24) is 15.3 Å². The quantitative estimate of drug-likeness (QED) is 0.160. The molecule has 4 aromatic rings. The number of aryl methyl sites for hydroxylation is 1. The zero-order valence-corrected chi connectivity index (χ0v) is 20.7. The number of benzene rings is 3. The Bertz CT molecular complexity index is 1590. The Balaban J connectivity index is 1.57. The predicted octanol–water partition coefficient (Wildman–Crippen LogP) is 4.86. The third-order valence-electron chi connectivity index (χ3n) is 6.15. The number of nitro groups is 1. The van der Waals surface area contributed by atoms with Gasteiger partial charge in [-0.05, 0) is 36.2 Å². The molecule has 1 aromatic heterocycles. The lowest BCUT2D eigenvalue weighted by molar-refractivity contribution is -0.384. The van der Waals surface area contributed by atoms with Crippen LogP contribution in [0.2, 0.25) is 0 Å². The monoisotopic (exact) mass is 508 g/mol. The van der Waals surface area contributed by atoms with Crippen molar-refractivity contribution in [3.63, 3.8) is 0 Å². The first-order valence-electron chi connectivity index (χ1n) is 11.9. The van der Waals surface area contributed by atoms with Crippen LogP contribution >= 0.6 is 0 Å². The molecule has 2 amide bonds. The van der Waals surface area contributed by atoms with Crippen LogP contribution in [0.5, 0.6) is 0 Å². The molecule has 0 saturated carbocycles. The van der Waals surface area contributed by atoms with Gasteiger partial charge in [0, 0.05) is 54.3 Å². The van der Waals surface area contributed by atoms with E-state index in [0.29, 0.717) is 34.6 Å². The Morgan fingerprint density at radius 1 is 1.05 bits per heavy atom. The summed E-state index contributed by atoms with van der Waals surface area (Å²) in [4.78, 5) is 42.9. The van der Waals surface area contributed by atoms with Crippen molar-refractivity contribution >= 4 is 40.1 Å². The number of H-pyrrole nitrogens is 1. The Kier molecular flexibility index (Phi) is 6.44. The minimum Gasteiger partial charge on any atom is -0.354 e. The summed E-state index contributed by atoms with van der Waals surface area (Å²) in [6.07, 6.45) is 1.83. The molecule has 0 fully saturated rings. The molecule has 0 atom stereocenters. The van der Waals surface area contributed by atoms with E-state index in [1.54, 1.807) is 0 Å². The molecule has 38 heavy (non-hydrogen) atoms. The Labute approximate surface area is 218 Å². The highest BCUT2D eigenvalue weighted by molar-refractivity contribution is 6.37. The van der Waals surface area contributed by atoms with E-state index in [4.69, 9.17) is 0 Å². The topological polar surface area (TPSA) is 142 Å². The zero-order valence-electron chi connectivity index (χ0n) is 20.7. The van der Waals surface area contributed by atoms with E-state index in [1.807, 2.05) is 61.7 Å². The van der Waals surface area contributed by atoms with Gasteiger partial charge in [-0.1, -0.05) is 36.4 Å². The summed E-state index contributed by atoms with van der Waals surface area (Å²) in [7, 11) is 0. The van der Waals surface area contributed by atoms with Crippen molar-refractivity contribution in [3.8, 4) is 11.3 Å². The SMILES string of the molecule is CC(=O)NCc1ccc(C(Nc2ccc(-c3c[nH]c(C)n3)cc2)=C2C(=O)Nc3ccc([N+](=O)[O-])cc32)cc1. The molecule has 3 aromatic carbocycles. The van der Waals surface area contributed by atoms with Crippen LogP contribution in [0.4, 0.5) is 17.1 Å². The largest absolute Gasteiger partial charge is 0.354 e. The van der Waals surface area contributed by atoms with Gasteiger partial charge >= 0.3 is 0 Å². The van der Waals surface area contributed by atoms with E-state index in [-0.39, 0.29) is 17.5 Å². The molecule has 0 unspecified atom stereocenters. The standard InChI is InChI=1S/C28H24N6O4/c1-16-29-15-25(31-16)19-7-9-21(10-8-19)32-27(20-5-3-18(4-6-20)14-30-17(2)35)26-23-13-22(34(37)38)11-12-24(23)33-28(26)36/h3-13,15,32H,14H2,1-2H3,(H,29,31)(H,30,35)(H,33,36). The van der Waals surface area contributed by atoms with Gasteiger partial charge in [-0.25, -0.2) is 4.98 Å². The van der Waals surface area contributed by atoms with Crippen LogP contribution in [-0.4, -0.2) is 26.7 Å². The fourth-order valence-corrected chi connectivity index (χ4v) is 4.25.